The monoisotopic (exact) mass is 278 g/mol. The molecule has 0 radical (unpaired) electrons. The lowest BCUT2D eigenvalue weighted by molar-refractivity contribution is -0.178. The SMILES string of the molecule is C=C(C)C(=O)OC1(C2CCCCCC2)CCCC1(C)C. The molecule has 2 fully saturated rings. The van der Waals surface area contributed by atoms with Gasteiger partial charge in [0.1, 0.15) is 5.60 Å². The average Bonchev–Trinajstić information content (AvgIpc) is 2.60. The highest BCUT2D eigenvalue weighted by Gasteiger charge is 2.56. The van der Waals surface area contributed by atoms with Gasteiger partial charge >= 0.3 is 5.97 Å². The van der Waals surface area contributed by atoms with E-state index in [0.29, 0.717) is 11.5 Å². The zero-order valence-electron chi connectivity index (χ0n) is 13.5. The van der Waals surface area contributed by atoms with Crippen LogP contribution in [0.1, 0.15) is 78.6 Å². The minimum Gasteiger partial charge on any atom is -0.455 e. The molecule has 0 aromatic carbocycles. The van der Waals surface area contributed by atoms with Crippen LogP contribution in [0.25, 0.3) is 0 Å². The highest BCUT2D eigenvalue weighted by molar-refractivity contribution is 5.87. The highest BCUT2D eigenvalue weighted by atomic mass is 16.6. The lowest BCUT2D eigenvalue weighted by atomic mass is 9.67. The Bertz CT molecular complexity index is 375. The number of hydrogen-bond acceptors (Lipinski definition) is 2. The van der Waals surface area contributed by atoms with E-state index in [1.54, 1.807) is 6.92 Å². The van der Waals surface area contributed by atoms with Gasteiger partial charge in [0.25, 0.3) is 0 Å². The van der Waals surface area contributed by atoms with Crippen molar-refractivity contribution < 1.29 is 9.53 Å². The summed E-state index contributed by atoms with van der Waals surface area (Å²) in [6.45, 7) is 10.1. The van der Waals surface area contributed by atoms with Gasteiger partial charge in [0.05, 0.1) is 0 Å². The molecule has 2 aliphatic carbocycles. The van der Waals surface area contributed by atoms with Crippen molar-refractivity contribution in [3.05, 3.63) is 12.2 Å². The van der Waals surface area contributed by atoms with Gasteiger partial charge in [0.15, 0.2) is 0 Å². The van der Waals surface area contributed by atoms with E-state index in [2.05, 4.69) is 20.4 Å². The summed E-state index contributed by atoms with van der Waals surface area (Å²) >= 11 is 0. The van der Waals surface area contributed by atoms with Crippen molar-refractivity contribution in [3.8, 4) is 0 Å². The summed E-state index contributed by atoms with van der Waals surface area (Å²) in [5.74, 6) is 0.343. The van der Waals surface area contributed by atoms with E-state index in [9.17, 15) is 4.79 Å². The molecule has 2 aliphatic rings. The molecular formula is C18H30O2. The molecule has 0 bridgehead atoms. The molecule has 1 unspecified atom stereocenters. The summed E-state index contributed by atoms with van der Waals surface area (Å²) in [7, 11) is 0. The molecule has 114 valence electrons. The van der Waals surface area contributed by atoms with Crippen LogP contribution in [0.5, 0.6) is 0 Å². The maximum atomic E-state index is 12.2. The van der Waals surface area contributed by atoms with E-state index in [1.165, 1.54) is 44.9 Å². The van der Waals surface area contributed by atoms with Crippen molar-refractivity contribution in [2.45, 2.75) is 84.2 Å². The van der Waals surface area contributed by atoms with E-state index in [1.807, 2.05) is 0 Å². The molecule has 20 heavy (non-hydrogen) atoms. The second kappa shape index (κ2) is 5.91. The second-order valence-corrected chi connectivity index (χ2v) is 7.49. The molecule has 2 saturated carbocycles. The standard InChI is InChI=1S/C18H30O2/c1-14(2)16(19)20-18(13-9-12-17(18,3)4)15-10-7-5-6-8-11-15/h15H,1,5-13H2,2-4H3. The fourth-order valence-corrected chi connectivity index (χ4v) is 4.37. The Balaban J connectivity index is 2.28. The Morgan fingerprint density at radius 2 is 1.65 bits per heavy atom. The van der Waals surface area contributed by atoms with Gasteiger partial charge in [0.2, 0.25) is 0 Å². The average molecular weight is 278 g/mol. The topological polar surface area (TPSA) is 26.3 Å². The minimum atomic E-state index is -0.257. The molecule has 0 heterocycles. The first kappa shape index (κ1) is 15.6. The number of carbonyl (C=O) groups is 1. The zero-order valence-corrected chi connectivity index (χ0v) is 13.5. The van der Waals surface area contributed by atoms with Gasteiger partial charge in [-0.3, -0.25) is 0 Å². The van der Waals surface area contributed by atoms with E-state index < -0.39 is 0 Å². The molecule has 2 rings (SSSR count). The number of ether oxygens (including phenoxy) is 1. The summed E-state index contributed by atoms with van der Waals surface area (Å²) < 4.78 is 6.13. The maximum Gasteiger partial charge on any atom is 0.333 e. The summed E-state index contributed by atoms with van der Waals surface area (Å²) in [5, 5.41) is 0. The van der Waals surface area contributed by atoms with Crippen LogP contribution in [-0.4, -0.2) is 11.6 Å². The van der Waals surface area contributed by atoms with E-state index >= 15 is 0 Å². The predicted octanol–water partition coefficient (Wildman–Crippen LogP) is 5.03. The van der Waals surface area contributed by atoms with E-state index in [-0.39, 0.29) is 17.0 Å². The molecule has 0 aliphatic heterocycles. The Hall–Kier alpha value is -0.790. The third-order valence-corrected chi connectivity index (χ3v) is 5.63. The van der Waals surface area contributed by atoms with Crippen molar-refractivity contribution in [3.63, 3.8) is 0 Å². The van der Waals surface area contributed by atoms with E-state index in [4.69, 9.17) is 4.74 Å². The van der Waals surface area contributed by atoms with Crippen LogP contribution >= 0.6 is 0 Å². The third-order valence-electron chi connectivity index (χ3n) is 5.63. The molecule has 0 spiro atoms. The van der Waals surface area contributed by atoms with Crippen molar-refractivity contribution in [2.75, 3.05) is 0 Å². The van der Waals surface area contributed by atoms with Gasteiger partial charge in [-0.2, -0.15) is 0 Å². The number of esters is 1. The first-order chi connectivity index (χ1) is 9.39. The molecule has 2 nitrogen and oxygen atoms in total. The van der Waals surface area contributed by atoms with E-state index in [0.717, 1.165) is 12.8 Å². The summed E-state index contributed by atoms with van der Waals surface area (Å²) in [6, 6.07) is 0. The lowest BCUT2D eigenvalue weighted by Crippen LogP contribution is -2.50. The van der Waals surface area contributed by atoms with Crippen LogP contribution in [0.15, 0.2) is 12.2 Å². The molecule has 0 amide bonds. The van der Waals surface area contributed by atoms with Crippen molar-refractivity contribution >= 4 is 5.97 Å². The molecule has 2 heteroatoms. The second-order valence-electron chi connectivity index (χ2n) is 7.49. The lowest BCUT2D eigenvalue weighted by Gasteiger charge is -2.46. The Morgan fingerprint density at radius 1 is 1.05 bits per heavy atom. The number of carbonyl (C=O) groups excluding carboxylic acids is 1. The Labute approximate surface area is 124 Å². The largest absolute Gasteiger partial charge is 0.455 e. The van der Waals surface area contributed by atoms with Crippen LogP contribution in [0.3, 0.4) is 0 Å². The highest BCUT2D eigenvalue weighted by Crippen LogP contribution is 2.55. The molecule has 0 aromatic heterocycles. The van der Waals surface area contributed by atoms with Crippen LogP contribution in [0.4, 0.5) is 0 Å². The van der Waals surface area contributed by atoms with Crippen LogP contribution in [-0.2, 0) is 9.53 Å². The van der Waals surface area contributed by atoms with Gasteiger partial charge < -0.3 is 4.74 Å². The summed E-state index contributed by atoms with van der Waals surface area (Å²) in [5.41, 5.74) is 0.362. The molecule has 1 atom stereocenters. The molecule has 0 aromatic rings. The van der Waals surface area contributed by atoms with Gasteiger partial charge in [-0.15, -0.1) is 0 Å². The van der Waals surface area contributed by atoms with Crippen LogP contribution in [0, 0.1) is 11.3 Å². The smallest absolute Gasteiger partial charge is 0.333 e. The predicted molar refractivity (Wildman–Crippen MR) is 82.5 cm³/mol. The summed E-state index contributed by atoms with van der Waals surface area (Å²) in [6.07, 6.45) is 11.0. The fraction of sp³-hybridized carbons (Fsp3) is 0.833. The summed E-state index contributed by atoms with van der Waals surface area (Å²) in [4.78, 5) is 12.2. The molecule has 0 saturated heterocycles. The minimum absolute atomic E-state index is 0.0904. The third kappa shape index (κ3) is 2.80. The number of rotatable bonds is 3. The van der Waals surface area contributed by atoms with Crippen molar-refractivity contribution in [2.24, 2.45) is 11.3 Å². The maximum absolute atomic E-state index is 12.2. The van der Waals surface area contributed by atoms with Gasteiger partial charge in [0, 0.05) is 11.0 Å². The van der Waals surface area contributed by atoms with Gasteiger partial charge in [-0.1, -0.05) is 46.1 Å². The fourth-order valence-electron chi connectivity index (χ4n) is 4.37. The van der Waals surface area contributed by atoms with Crippen LogP contribution in [0.2, 0.25) is 0 Å². The van der Waals surface area contributed by atoms with Gasteiger partial charge in [-0.05, 0) is 44.9 Å². The molecular weight excluding hydrogens is 248 g/mol. The normalized spacial score (nSPS) is 30.8. The van der Waals surface area contributed by atoms with Crippen LogP contribution < -0.4 is 0 Å². The van der Waals surface area contributed by atoms with Gasteiger partial charge in [-0.25, -0.2) is 4.79 Å². The molecule has 0 N–H and O–H groups in total. The Morgan fingerprint density at radius 3 is 2.10 bits per heavy atom. The van der Waals surface area contributed by atoms with Crippen molar-refractivity contribution in [1.82, 2.24) is 0 Å². The quantitative estimate of drug-likeness (QED) is 0.411. The first-order valence-corrected chi connectivity index (χ1v) is 8.28. The first-order valence-electron chi connectivity index (χ1n) is 8.28. The number of hydrogen-bond donors (Lipinski definition) is 0. The Kier molecular flexibility index (Phi) is 4.61. The van der Waals surface area contributed by atoms with Crippen molar-refractivity contribution in [1.29, 1.82) is 0 Å². The zero-order chi connectivity index (χ0) is 14.8.